The Bertz CT molecular complexity index is 457. The summed E-state index contributed by atoms with van der Waals surface area (Å²) in [4.78, 5) is 22.9. The zero-order chi connectivity index (χ0) is 11.8. The van der Waals surface area contributed by atoms with E-state index >= 15 is 0 Å². The predicted molar refractivity (Wildman–Crippen MR) is 51.9 cm³/mol. The van der Waals surface area contributed by atoms with Gasteiger partial charge >= 0.3 is 11.8 Å². The van der Waals surface area contributed by atoms with Gasteiger partial charge in [0.05, 0.1) is 12.2 Å². The summed E-state index contributed by atoms with van der Waals surface area (Å²) in [5, 5.41) is 0. The van der Waals surface area contributed by atoms with Gasteiger partial charge in [-0.25, -0.2) is 4.79 Å². The maximum absolute atomic E-state index is 14.0. The molecule has 1 aliphatic heterocycles. The number of carbonyl (C=O) groups is 2. The molecule has 16 heavy (non-hydrogen) atoms. The molecule has 1 heterocycles. The van der Waals surface area contributed by atoms with Crippen LogP contribution in [0.4, 0.5) is 4.39 Å². The lowest BCUT2D eigenvalue weighted by Crippen LogP contribution is -2.44. The Morgan fingerprint density at radius 1 is 1.50 bits per heavy atom. The van der Waals surface area contributed by atoms with Crippen molar-refractivity contribution in [1.29, 1.82) is 0 Å². The van der Waals surface area contributed by atoms with Crippen LogP contribution in [-0.4, -0.2) is 24.2 Å². The van der Waals surface area contributed by atoms with E-state index in [0.717, 1.165) is 0 Å². The normalized spacial score (nSPS) is 22.5. The molecule has 0 aromatic heterocycles. The topological polar surface area (TPSA) is 52.6 Å². The standard InChI is InChI=1S/C11H9FO4/c1-2-15-10(14)11(12)9(13)7-5-3-4-6-8(7)16-11/h3-6H,2H2,1H3. The summed E-state index contributed by atoms with van der Waals surface area (Å²) in [6, 6.07) is 5.98. The number of ketones is 1. The molecule has 0 amide bonds. The molecule has 0 saturated carbocycles. The highest BCUT2D eigenvalue weighted by Gasteiger charge is 2.56. The Morgan fingerprint density at radius 3 is 2.81 bits per heavy atom. The SMILES string of the molecule is CCOC(=O)C1(F)Oc2ccccc2C1=O. The van der Waals surface area contributed by atoms with Gasteiger partial charge in [0, 0.05) is 0 Å². The second-order valence-corrected chi connectivity index (χ2v) is 3.24. The largest absolute Gasteiger partial charge is 0.461 e. The lowest BCUT2D eigenvalue weighted by atomic mass is 10.1. The van der Waals surface area contributed by atoms with Crippen molar-refractivity contribution in [2.45, 2.75) is 12.8 Å². The molecular weight excluding hydrogens is 215 g/mol. The van der Waals surface area contributed by atoms with Crippen LogP contribution < -0.4 is 4.74 Å². The fourth-order valence-corrected chi connectivity index (χ4v) is 1.47. The third-order valence-corrected chi connectivity index (χ3v) is 2.21. The Morgan fingerprint density at radius 2 is 2.19 bits per heavy atom. The zero-order valence-corrected chi connectivity index (χ0v) is 8.53. The van der Waals surface area contributed by atoms with Crippen molar-refractivity contribution < 1.29 is 23.5 Å². The van der Waals surface area contributed by atoms with Crippen molar-refractivity contribution in [3.63, 3.8) is 0 Å². The molecule has 0 bridgehead atoms. The van der Waals surface area contributed by atoms with Gasteiger partial charge in [-0.2, -0.15) is 4.39 Å². The van der Waals surface area contributed by atoms with Crippen molar-refractivity contribution in [2.75, 3.05) is 6.61 Å². The van der Waals surface area contributed by atoms with Crippen LogP contribution in [0.5, 0.6) is 5.75 Å². The maximum Gasteiger partial charge on any atom is 0.410 e. The van der Waals surface area contributed by atoms with Crippen molar-refractivity contribution in [3.8, 4) is 5.75 Å². The number of hydrogen-bond acceptors (Lipinski definition) is 4. The minimum Gasteiger partial charge on any atom is -0.461 e. The van der Waals surface area contributed by atoms with Crippen molar-refractivity contribution >= 4 is 11.8 Å². The Kier molecular flexibility index (Phi) is 2.38. The quantitative estimate of drug-likeness (QED) is 0.564. The molecule has 0 spiro atoms. The molecular formula is C11H9FO4. The van der Waals surface area contributed by atoms with Crippen LogP contribution in [0, 0.1) is 0 Å². The van der Waals surface area contributed by atoms with Gasteiger partial charge in [-0.1, -0.05) is 12.1 Å². The summed E-state index contributed by atoms with van der Waals surface area (Å²) in [7, 11) is 0. The molecule has 2 rings (SSSR count). The Balaban J connectivity index is 2.37. The maximum atomic E-state index is 14.0. The van der Waals surface area contributed by atoms with Gasteiger partial charge in [-0.05, 0) is 19.1 Å². The Labute approximate surface area is 91.0 Å². The molecule has 0 saturated heterocycles. The molecule has 1 unspecified atom stereocenters. The smallest absolute Gasteiger partial charge is 0.410 e. The van der Waals surface area contributed by atoms with Crippen molar-refractivity contribution in [1.82, 2.24) is 0 Å². The predicted octanol–water partition coefficient (Wildman–Crippen LogP) is 1.49. The fraction of sp³-hybridized carbons (Fsp3) is 0.273. The molecule has 1 aliphatic rings. The number of halogens is 1. The average Bonchev–Trinajstić information content (AvgIpc) is 2.54. The van der Waals surface area contributed by atoms with E-state index in [9.17, 15) is 14.0 Å². The first kappa shape index (κ1) is 10.6. The van der Waals surface area contributed by atoms with Crippen molar-refractivity contribution in [3.05, 3.63) is 29.8 Å². The molecule has 0 N–H and O–H groups in total. The highest BCUT2D eigenvalue weighted by molar-refractivity contribution is 6.17. The number of fused-ring (bicyclic) bond motifs is 1. The van der Waals surface area contributed by atoms with Crippen molar-refractivity contribution in [2.24, 2.45) is 0 Å². The molecule has 1 aromatic carbocycles. The number of rotatable bonds is 2. The summed E-state index contributed by atoms with van der Waals surface area (Å²) < 4.78 is 23.2. The number of esters is 1. The third kappa shape index (κ3) is 1.36. The number of carbonyl (C=O) groups excluding carboxylic acids is 2. The average molecular weight is 224 g/mol. The minimum atomic E-state index is -3.03. The molecule has 4 nitrogen and oxygen atoms in total. The van der Waals surface area contributed by atoms with Crippen LogP contribution in [0.1, 0.15) is 17.3 Å². The van der Waals surface area contributed by atoms with E-state index in [0.29, 0.717) is 0 Å². The first-order valence-corrected chi connectivity index (χ1v) is 4.78. The van der Waals surface area contributed by atoms with E-state index in [-0.39, 0.29) is 17.9 Å². The number of benzene rings is 1. The molecule has 0 aliphatic carbocycles. The molecule has 84 valence electrons. The number of para-hydroxylation sites is 1. The van der Waals surface area contributed by atoms with Gasteiger partial charge < -0.3 is 9.47 Å². The van der Waals surface area contributed by atoms with Crippen LogP contribution in [0.25, 0.3) is 0 Å². The van der Waals surface area contributed by atoms with Gasteiger partial charge in [0.1, 0.15) is 5.75 Å². The Hall–Kier alpha value is -1.91. The van der Waals surface area contributed by atoms with Gasteiger partial charge in [0.25, 0.3) is 5.78 Å². The van der Waals surface area contributed by atoms with Crippen LogP contribution in [0.2, 0.25) is 0 Å². The monoisotopic (exact) mass is 224 g/mol. The summed E-state index contributed by atoms with van der Waals surface area (Å²) in [5.41, 5.74) is 0.0538. The van der Waals surface area contributed by atoms with Crippen LogP contribution >= 0.6 is 0 Å². The van der Waals surface area contributed by atoms with Gasteiger partial charge in [0.15, 0.2) is 0 Å². The minimum absolute atomic E-state index is 0.0164. The van der Waals surface area contributed by atoms with Gasteiger partial charge in [-0.3, -0.25) is 4.79 Å². The highest BCUT2D eigenvalue weighted by atomic mass is 19.2. The number of alkyl halides is 1. The van der Waals surface area contributed by atoms with E-state index in [1.54, 1.807) is 12.1 Å². The molecule has 1 atom stereocenters. The first-order chi connectivity index (χ1) is 7.59. The molecule has 1 aromatic rings. The summed E-state index contributed by atoms with van der Waals surface area (Å²) in [6.07, 6.45) is 0. The third-order valence-electron chi connectivity index (χ3n) is 2.21. The number of ether oxygens (including phenoxy) is 2. The van der Waals surface area contributed by atoms with E-state index in [1.807, 2.05) is 0 Å². The summed E-state index contributed by atoms with van der Waals surface area (Å²) in [5.74, 6) is -5.29. The lowest BCUT2D eigenvalue weighted by molar-refractivity contribution is -0.169. The number of Topliss-reactive ketones (excluding diaryl/α,β-unsaturated/α-hetero) is 1. The molecule has 0 radical (unpaired) electrons. The van der Waals surface area contributed by atoms with E-state index < -0.39 is 17.6 Å². The van der Waals surface area contributed by atoms with Crippen LogP contribution in [0.15, 0.2) is 24.3 Å². The second kappa shape index (κ2) is 3.59. The molecule has 5 heteroatoms. The van der Waals surface area contributed by atoms with Gasteiger partial charge in [-0.15, -0.1) is 0 Å². The van der Waals surface area contributed by atoms with Crippen LogP contribution in [-0.2, 0) is 9.53 Å². The van der Waals surface area contributed by atoms with E-state index in [2.05, 4.69) is 4.74 Å². The highest BCUT2D eigenvalue weighted by Crippen LogP contribution is 2.36. The summed E-state index contributed by atoms with van der Waals surface area (Å²) >= 11 is 0. The number of hydrogen-bond donors (Lipinski definition) is 0. The van der Waals surface area contributed by atoms with E-state index in [4.69, 9.17) is 4.74 Å². The summed E-state index contributed by atoms with van der Waals surface area (Å²) in [6.45, 7) is 1.51. The van der Waals surface area contributed by atoms with E-state index in [1.165, 1.54) is 19.1 Å². The lowest BCUT2D eigenvalue weighted by Gasteiger charge is -2.15. The van der Waals surface area contributed by atoms with Gasteiger partial charge in [0.2, 0.25) is 0 Å². The first-order valence-electron chi connectivity index (χ1n) is 4.78. The zero-order valence-electron chi connectivity index (χ0n) is 8.53. The fourth-order valence-electron chi connectivity index (χ4n) is 1.47. The molecule has 0 fully saturated rings. The second-order valence-electron chi connectivity index (χ2n) is 3.24. The van der Waals surface area contributed by atoms with Crippen LogP contribution in [0.3, 0.4) is 0 Å².